The van der Waals surface area contributed by atoms with Gasteiger partial charge in [-0.2, -0.15) is 0 Å². The molecular formula is C15H22N2O. The molecule has 2 rings (SSSR count). The third-order valence-corrected chi connectivity index (χ3v) is 3.22. The minimum Gasteiger partial charge on any atom is -0.385 e. The topological polar surface area (TPSA) is 26.2 Å². The number of rotatable bonds is 7. The second kappa shape index (κ2) is 6.57. The van der Waals surface area contributed by atoms with Gasteiger partial charge in [0.1, 0.15) is 0 Å². The molecule has 0 radical (unpaired) electrons. The zero-order valence-corrected chi connectivity index (χ0v) is 11.3. The van der Waals surface area contributed by atoms with Crippen molar-refractivity contribution in [1.29, 1.82) is 0 Å². The molecule has 0 fully saturated rings. The molecule has 1 aromatic heterocycles. The Balaban J connectivity index is 2.09. The molecule has 0 unspecified atom stereocenters. The first-order valence-corrected chi connectivity index (χ1v) is 6.56. The molecule has 0 bridgehead atoms. The number of benzene rings is 1. The Hall–Kier alpha value is -1.32. The van der Waals surface area contributed by atoms with Crippen LogP contribution in [0.3, 0.4) is 0 Å². The van der Waals surface area contributed by atoms with Crippen molar-refractivity contribution < 1.29 is 4.74 Å². The van der Waals surface area contributed by atoms with Gasteiger partial charge in [0.25, 0.3) is 0 Å². The summed E-state index contributed by atoms with van der Waals surface area (Å²) in [5.74, 6) is 0. The number of nitrogens with one attached hydrogen (secondary N) is 1. The number of hydrogen-bond donors (Lipinski definition) is 1. The van der Waals surface area contributed by atoms with Gasteiger partial charge >= 0.3 is 0 Å². The first kappa shape index (κ1) is 13.1. The Kier molecular flexibility index (Phi) is 4.79. The van der Waals surface area contributed by atoms with Gasteiger partial charge in [-0.15, -0.1) is 0 Å². The number of ether oxygens (including phenoxy) is 1. The molecule has 2 aromatic rings. The van der Waals surface area contributed by atoms with Gasteiger partial charge < -0.3 is 14.6 Å². The minimum atomic E-state index is 0.851. The Morgan fingerprint density at radius 2 is 2.11 bits per heavy atom. The van der Waals surface area contributed by atoms with Crippen LogP contribution in [0.15, 0.2) is 30.5 Å². The molecule has 18 heavy (non-hydrogen) atoms. The van der Waals surface area contributed by atoms with Crippen molar-refractivity contribution in [2.24, 2.45) is 0 Å². The van der Waals surface area contributed by atoms with Gasteiger partial charge in [0.2, 0.25) is 0 Å². The molecule has 0 atom stereocenters. The summed E-state index contributed by atoms with van der Waals surface area (Å²) in [5.41, 5.74) is 2.67. The van der Waals surface area contributed by atoms with Crippen molar-refractivity contribution in [2.75, 3.05) is 20.8 Å². The van der Waals surface area contributed by atoms with Crippen LogP contribution in [-0.4, -0.2) is 25.3 Å². The molecule has 0 saturated heterocycles. The largest absolute Gasteiger partial charge is 0.385 e. The van der Waals surface area contributed by atoms with Gasteiger partial charge in [0.05, 0.1) is 0 Å². The maximum atomic E-state index is 5.08. The summed E-state index contributed by atoms with van der Waals surface area (Å²) in [7, 11) is 3.74. The highest BCUT2D eigenvalue weighted by molar-refractivity contribution is 5.80. The van der Waals surface area contributed by atoms with Crippen molar-refractivity contribution in [1.82, 2.24) is 9.88 Å². The Morgan fingerprint density at radius 3 is 2.89 bits per heavy atom. The van der Waals surface area contributed by atoms with Crippen LogP contribution in [0.2, 0.25) is 0 Å². The van der Waals surface area contributed by atoms with Crippen LogP contribution in [0.1, 0.15) is 18.4 Å². The van der Waals surface area contributed by atoms with Crippen molar-refractivity contribution in [2.45, 2.75) is 25.9 Å². The summed E-state index contributed by atoms with van der Waals surface area (Å²) in [5, 5.41) is 4.52. The molecular weight excluding hydrogens is 224 g/mol. The standard InChI is InChI=1S/C15H22N2O/c1-16-12-13-5-6-14-7-9-17(15(14)11-13)8-3-4-10-18-2/h5-7,9,11,16H,3-4,8,10,12H2,1-2H3. The summed E-state index contributed by atoms with van der Waals surface area (Å²) in [6.07, 6.45) is 4.46. The van der Waals surface area contributed by atoms with Gasteiger partial charge in [0.15, 0.2) is 0 Å². The predicted molar refractivity (Wildman–Crippen MR) is 75.8 cm³/mol. The van der Waals surface area contributed by atoms with E-state index in [1.165, 1.54) is 16.5 Å². The quantitative estimate of drug-likeness (QED) is 0.760. The van der Waals surface area contributed by atoms with E-state index in [4.69, 9.17) is 4.74 Å². The number of aryl methyl sites for hydroxylation is 1. The van der Waals surface area contributed by atoms with Crippen LogP contribution in [0, 0.1) is 0 Å². The molecule has 0 aliphatic heterocycles. The number of methoxy groups -OCH3 is 1. The van der Waals surface area contributed by atoms with E-state index in [9.17, 15) is 0 Å². The fourth-order valence-corrected chi connectivity index (χ4v) is 2.27. The van der Waals surface area contributed by atoms with E-state index >= 15 is 0 Å². The highest BCUT2D eigenvalue weighted by atomic mass is 16.5. The summed E-state index contributed by atoms with van der Waals surface area (Å²) in [4.78, 5) is 0. The van der Waals surface area contributed by atoms with E-state index in [-0.39, 0.29) is 0 Å². The van der Waals surface area contributed by atoms with Gasteiger partial charge in [-0.3, -0.25) is 0 Å². The summed E-state index contributed by atoms with van der Waals surface area (Å²) in [6.45, 7) is 2.84. The van der Waals surface area contributed by atoms with Crippen LogP contribution in [0.25, 0.3) is 10.9 Å². The van der Waals surface area contributed by atoms with E-state index < -0.39 is 0 Å². The number of nitrogens with zero attached hydrogens (tertiary/aromatic N) is 1. The smallest absolute Gasteiger partial charge is 0.0483 e. The fourth-order valence-electron chi connectivity index (χ4n) is 2.27. The molecule has 0 aliphatic rings. The van der Waals surface area contributed by atoms with Crippen molar-refractivity contribution in [3.05, 3.63) is 36.0 Å². The van der Waals surface area contributed by atoms with Crippen molar-refractivity contribution in [3.63, 3.8) is 0 Å². The Labute approximate surface area is 109 Å². The molecule has 0 aliphatic carbocycles. The molecule has 1 N–H and O–H groups in total. The lowest BCUT2D eigenvalue weighted by Crippen LogP contribution is -2.05. The van der Waals surface area contributed by atoms with Crippen molar-refractivity contribution >= 4 is 10.9 Å². The lowest BCUT2D eigenvalue weighted by Gasteiger charge is -2.07. The van der Waals surface area contributed by atoms with Crippen LogP contribution in [-0.2, 0) is 17.8 Å². The van der Waals surface area contributed by atoms with Crippen LogP contribution in [0.4, 0.5) is 0 Å². The second-order valence-corrected chi connectivity index (χ2v) is 4.63. The zero-order chi connectivity index (χ0) is 12.8. The predicted octanol–water partition coefficient (Wildman–Crippen LogP) is 2.79. The molecule has 3 heteroatoms. The van der Waals surface area contributed by atoms with E-state index in [1.807, 2.05) is 7.05 Å². The average Bonchev–Trinajstić information content (AvgIpc) is 2.78. The maximum Gasteiger partial charge on any atom is 0.0483 e. The monoisotopic (exact) mass is 246 g/mol. The summed E-state index contributed by atoms with van der Waals surface area (Å²) >= 11 is 0. The van der Waals surface area contributed by atoms with E-state index in [1.54, 1.807) is 7.11 Å². The van der Waals surface area contributed by atoms with Crippen LogP contribution >= 0.6 is 0 Å². The maximum absolute atomic E-state index is 5.08. The Morgan fingerprint density at radius 1 is 1.22 bits per heavy atom. The van der Waals surface area contributed by atoms with E-state index in [0.717, 1.165) is 32.5 Å². The molecule has 1 heterocycles. The minimum absolute atomic E-state index is 0.851. The number of aromatic nitrogens is 1. The normalized spacial score (nSPS) is 11.2. The molecule has 98 valence electrons. The first-order chi connectivity index (χ1) is 8.85. The molecule has 0 spiro atoms. The molecule has 0 saturated carbocycles. The zero-order valence-electron chi connectivity index (χ0n) is 11.3. The van der Waals surface area contributed by atoms with Gasteiger partial charge in [-0.05, 0) is 43.0 Å². The molecule has 3 nitrogen and oxygen atoms in total. The number of fused-ring (bicyclic) bond motifs is 1. The SMILES string of the molecule is CNCc1ccc2ccn(CCCCOC)c2c1. The van der Waals surface area contributed by atoms with Gasteiger partial charge in [-0.25, -0.2) is 0 Å². The molecule has 0 amide bonds. The highest BCUT2D eigenvalue weighted by Crippen LogP contribution is 2.18. The lowest BCUT2D eigenvalue weighted by atomic mass is 10.1. The number of hydrogen-bond acceptors (Lipinski definition) is 2. The van der Waals surface area contributed by atoms with Crippen LogP contribution in [0.5, 0.6) is 0 Å². The third kappa shape index (κ3) is 3.12. The molecule has 1 aromatic carbocycles. The van der Waals surface area contributed by atoms with Crippen LogP contribution < -0.4 is 5.32 Å². The van der Waals surface area contributed by atoms with Crippen molar-refractivity contribution in [3.8, 4) is 0 Å². The third-order valence-electron chi connectivity index (χ3n) is 3.22. The average molecular weight is 246 g/mol. The van der Waals surface area contributed by atoms with Gasteiger partial charge in [0, 0.05) is 38.5 Å². The highest BCUT2D eigenvalue weighted by Gasteiger charge is 2.02. The summed E-state index contributed by atoms with van der Waals surface area (Å²) in [6, 6.07) is 8.86. The first-order valence-electron chi connectivity index (χ1n) is 6.56. The second-order valence-electron chi connectivity index (χ2n) is 4.63. The Bertz CT molecular complexity index is 490. The van der Waals surface area contributed by atoms with E-state index in [0.29, 0.717) is 0 Å². The number of unbranched alkanes of at least 4 members (excludes halogenated alkanes) is 1. The lowest BCUT2D eigenvalue weighted by molar-refractivity contribution is 0.191. The van der Waals surface area contributed by atoms with Gasteiger partial charge in [-0.1, -0.05) is 12.1 Å². The summed E-state index contributed by atoms with van der Waals surface area (Å²) < 4.78 is 7.42. The fraction of sp³-hybridized carbons (Fsp3) is 0.467. The van der Waals surface area contributed by atoms with E-state index in [2.05, 4.69) is 40.3 Å².